The Labute approximate surface area is 125 Å². The smallest absolute Gasteiger partial charge is 0.265 e. The third-order valence-corrected chi connectivity index (χ3v) is 3.97. The third-order valence-electron chi connectivity index (χ3n) is 3.97. The van der Waals surface area contributed by atoms with Crippen LogP contribution in [0.4, 0.5) is 8.78 Å². The predicted molar refractivity (Wildman–Crippen MR) is 80.2 cm³/mol. The molecule has 1 aliphatic carbocycles. The number of aromatic nitrogens is 2. The van der Waals surface area contributed by atoms with E-state index >= 15 is 0 Å². The van der Waals surface area contributed by atoms with Crippen LogP contribution in [0.25, 0.3) is 21.9 Å². The number of hydrogen-bond donors (Lipinski definition) is 0. The highest BCUT2D eigenvalue weighted by molar-refractivity contribution is 5.99. The van der Waals surface area contributed by atoms with Crippen molar-refractivity contribution in [1.29, 1.82) is 0 Å². The Morgan fingerprint density at radius 1 is 1.18 bits per heavy atom. The number of nitrogens with zero attached hydrogens (tertiary/aromatic N) is 2. The number of halogens is 2. The fourth-order valence-corrected chi connectivity index (χ4v) is 2.66. The molecule has 0 N–H and O–H groups in total. The van der Waals surface area contributed by atoms with Crippen LogP contribution in [0.1, 0.15) is 24.8 Å². The molecule has 0 saturated heterocycles. The average Bonchev–Trinajstić information content (AvgIpc) is 3.34. The van der Waals surface area contributed by atoms with Crippen LogP contribution in [0.2, 0.25) is 0 Å². The van der Waals surface area contributed by atoms with Crippen LogP contribution >= 0.6 is 0 Å². The largest absolute Gasteiger partial charge is 0.492 e. The SMILES string of the molecule is FC(F)c1c2ccccc2nc2nccc(OCC3CC3)c12. The summed E-state index contributed by atoms with van der Waals surface area (Å²) in [4.78, 5) is 8.55. The molecule has 0 radical (unpaired) electrons. The molecule has 3 aromatic rings. The summed E-state index contributed by atoms with van der Waals surface area (Å²) in [5.41, 5.74) is 0.791. The molecule has 2 heterocycles. The second-order valence-corrected chi connectivity index (χ2v) is 5.61. The van der Waals surface area contributed by atoms with Gasteiger partial charge in [-0.1, -0.05) is 18.2 Å². The molecule has 1 saturated carbocycles. The molecule has 0 atom stereocenters. The molecule has 3 nitrogen and oxygen atoms in total. The minimum Gasteiger partial charge on any atom is -0.492 e. The van der Waals surface area contributed by atoms with Gasteiger partial charge in [0.15, 0.2) is 5.65 Å². The summed E-state index contributed by atoms with van der Waals surface area (Å²) in [6, 6.07) is 8.56. The van der Waals surface area contributed by atoms with Gasteiger partial charge in [0.1, 0.15) is 5.75 Å². The highest BCUT2D eigenvalue weighted by Crippen LogP contribution is 2.38. The van der Waals surface area contributed by atoms with Crippen molar-refractivity contribution in [2.45, 2.75) is 19.3 Å². The molecule has 22 heavy (non-hydrogen) atoms. The molecule has 0 aliphatic heterocycles. The lowest BCUT2D eigenvalue weighted by atomic mass is 10.0. The standard InChI is InChI=1S/C17H14F2N2O/c18-16(19)14-11-3-1-2-4-12(11)21-17-15(14)13(7-8-20-17)22-9-10-5-6-10/h1-4,7-8,10,16H,5-6,9H2. The van der Waals surface area contributed by atoms with E-state index in [1.807, 2.05) is 0 Å². The fourth-order valence-electron chi connectivity index (χ4n) is 2.66. The average molecular weight is 300 g/mol. The first-order valence-corrected chi connectivity index (χ1v) is 7.32. The quantitative estimate of drug-likeness (QED) is 0.665. The second-order valence-electron chi connectivity index (χ2n) is 5.61. The Morgan fingerprint density at radius 3 is 2.77 bits per heavy atom. The lowest BCUT2D eigenvalue weighted by Gasteiger charge is -2.13. The van der Waals surface area contributed by atoms with Gasteiger partial charge >= 0.3 is 0 Å². The Balaban J connectivity index is 1.98. The van der Waals surface area contributed by atoms with E-state index in [0.29, 0.717) is 40.2 Å². The molecular weight excluding hydrogens is 286 g/mol. The van der Waals surface area contributed by atoms with Crippen molar-refractivity contribution in [3.63, 3.8) is 0 Å². The lowest BCUT2D eigenvalue weighted by molar-refractivity contribution is 0.154. The molecule has 1 aromatic carbocycles. The van der Waals surface area contributed by atoms with Gasteiger partial charge in [-0.2, -0.15) is 0 Å². The van der Waals surface area contributed by atoms with Crippen molar-refractivity contribution in [3.8, 4) is 5.75 Å². The Hall–Kier alpha value is -2.30. The minimum absolute atomic E-state index is 0.0421. The maximum absolute atomic E-state index is 13.7. The number of ether oxygens (including phenoxy) is 1. The summed E-state index contributed by atoms with van der Waals surface area (Å²) in [5.74, 6) is 0.997. The highest BCUT2D eigenvalue weighted by Gasteiger charge is 2.24. The first-order valence-electron chi connectivity index (χ1n) is 7.32. The van der Waals surface area contributed by atoms with Crippen LogP contribution in [-0.2, 0) is 0 Å². The van der Waals surface area contributed by atoms with E-state index in [0.717, 1.165) is 12.8 Å². The van der Waals surface area contributed by atoms with Crippen LogP contribution in [0.3, 0.4) is 0 Å². The molecule has 1 aliphatic rings. The zero-order valence-corrected chi connectivity index (χ0v) is 11.8. The lowest BCUT2D eigenvalue weighted by Crippen LogP contribution is -2.02. The molecule has 0 amide bonds. The van der Waals surface area contributed by atoms with Crippen LogP contribution in [0.15, 0.2) is 36.5 Å². The number of fused-ring (bicyclic) bond motifs is 2. The molecule has 0 bridgehead atoms. The topological polar surface area (TPSA) is 35.0 Å². The monoisotopic (exact) mass is 300 g/mol. The van der Waals surface area contributed by atoms with Gasteiger partial charge < -0.3 is 4.74 Å². The van der Waals surface area contributed by atoms with Gasteiger partial charge in [-0.25, -0.2) is 18.7 Å². The number of pyridine rings is 2. The molecule has 2 aromatic heterocycles. The van der Waals surface area contributed by atoms with E-state index in [4.69, 9.17) is 4.74 Å². The maximum Gasteiger partial charge on any atom is 0.265 e. The molecule has 0 unspecified atom stereocenters. The van der Waals surface area contributed by atoms with Crippen LogP contribution in [0, 0.1) is 5.92 Å². The van der Waals surface area contributed by atoms with Crippen molar-refractivity contribution in [3.05, 3.63) is 42.1 Å². The molecule has 1 fully saturated rings. The summed E-state index contributed by atoms with van der Waals surface area (Å²) in [6.07, 6.45) is 1.24. The van der Waals surface area contributed by atoms with Gasteiger partial charge in [-0.15, -0.1) is 0 Å². The van der Waals surface area contributed by atoms with Gasteiger partial charge in [0, 0.05) is 17.1 Å². The minimum atomic E-state index is -2.61. The van der Waals surface area contributed by atoms with Crippen LogP contribution in [-0.4, -0.2) is 16.6 Å². The number of rotatable bonds is 4. The summed E-state index contributed by atoms with van der Waals surface area (Å²) in [5, 5.41) is 0.783. The first kappa shape index (κ1) is 13.4. The number of benzene rings is 1. The third kappa shape index (κ3) is 2.26. The molecule has 5 heteroatoms. The van der Waals surface area contributed by atoms with Gasteiger partial charge in [0.25, 0.3) is 6.43 Å². The molecule has 0 spiro atoms. The van der Waals surface area contributed by atoms with Gasteiger partial charge in [-0.3, -0.25) is 0 Å². The van der Waals surface area contributed by atoms with E-state index in [1.54, 1.807) is 36.5 Å². The Bertz CT molecular complexity index is 847. The van der Waals surface area contributed by atoms with Crippen molar-refractivity contribution in [1.82, 2.24) is 9.97 Å². The van der Waals surface area contributed by atoms with E-state index in [1.165, 1.54) is 0 Å². The van der Waals surface area contributed by atoms with E-state index in [9.17, 15) is 8.78 Å². The van der Waals surface area contributed by atoms with Crippen molar-refractivity contribution in [2.24, 2.45) is 5.92 Å². The Morgan fingerprint density at radius 2 is 2.00 bits per heavy atom. The summed E-state index contributed by atoms with van der Waals surface area (Å²) in [6.45, 7) is 0.564. The molecular formula is C17H14F2N2O. The molecule has 4 rings (SSSR count). The van der Waals surface area contributed by atoms with Crippen molar-refractivity contribution in [2.75, 3.05) is 6.61 Å². The predicted octanol–water partition coefficient (Wildman–Crippen LogP) is 4.51. The Kier molecular flexibility index (Phi) is 3.13. The van der Waals surface area contributed by atoms with E-state index < -0.39 is 6.43 Å². The highest BCUT2D eigenvalue weighted by atomic mass is 19.3. The van der Waals surface area contributed by atoms with Gasteiger partial charge in [0.2, 0.25) is 0 Å². The van der Waals surface area contributed by atoms with Crippen molar-refractivity contribution >= 4 is 21.9 Å². The number of para-hydroxylation sites is 1. The van der Waals surface area contributed by atoms with Gasteiger partial charge in [0.05, 0.1) is 17.5 Å². The summed E-state index contributed by atoms with van der Waals surface area (Å²) in [7, 11) is 0. The summed E-state index contributed by atoms with van der Waals surface area (Å²) < 4.78 is 33.2. The second kappa shape index (κ2) is 5.16. The first-order chi connectivity index (χ1) is 10.7. The molecule has 112 valence electrons. The van der Waals surface area contributed by atoms with Crippen molar-refractivity contribution < 1.29 is 13.5 Å². The summed E-state index contributed by atoms with van der Waals surface area (Å²) >= 11 is 0. The zero-order valence-electron chi connectivity index (χ0n) is 11.8. The maximum atomic E-state index is 13.7. The van der Waals surface area contributed by atoms with Gasteiger partial charge in [-0.05, 0) is 30.9 Å². The van der Waals surface area contributed by atoms with Crippen LogP contribution in [0.5, 0.6) is 5.75 Å². The normalized spacial score (nSPS) is 14.9. The van der Waals surface area contributed by atoms with Crippen LogP contribution < -0.4 is 4.74 Å². The van der Waals surface area contributed by atoms with E-state index in [2.05, 4.69) is 9.97 Å². The zero-order chi connectivity index (χ0) is 15.1. The number of hydrogen-bond acceptors (Lipinski definition) is 3. The fraction of sp³-hybridized carbons (Fsp3) is 0.294. The van der Waals surface area contributed by atoms with E-state index in [-0.39, 0.29) is 5.56 Å². The number of alkyl halides is 2.